The van der Waals surface area contributed by atoms with Crippen LogP contribution in [0.25, 0.3) is 16.5 Å². The first kappa shape index (κ1) is 13.9. The Morgan fingerprint density at radius 2 is 1.65 bits per heavy atom. The summed E-state index contributed by atoms with van der Waals surface area (Å²) in [7, 11) is 0. The van der Waals surface area contributed by atoms with Crippen LogP contribution in [0, 0.1) is 23.3 Å². The van der Waals surface area contributed by atoms with Crippen LogP contribution in [-0.4, -0.2) is 4.98 Å². The molecule has 1 aliphatic carbocycles. The average molecular weight is 315 g/mol. The van der Waals surface area contributed by atoms with Crippen LogP contribution in [-0.2, 0) is 6.42 Å². The largest absolute Gasteiger partial charge is 0.248 e. The summed E-state index contributed by atoms with van der Waals surface area (Å²) in [5, 5.41) is 0.755. The molecule has 5 heteroatoms. The molecule has 0 atom stereocenters. The van der Waals surface area contributed by atoms with E-state index in [1.165, 1.54) is 12.1 Å². The molecule has 1 heterocycles. The molecule has 0 N–H and O–H groups in total. The van der Waals surface area contributed by atoms with E-state index in [2.05, 4.69) is 4.98 Å². The minimum absolute atomic E-state index is 0.111. The number of hydrogen-bond donors (Lipinski definition) is 0. The zero-order valence-electron chi connectivity index (χ0n) is 11.7. The standard InChI is InChI=1S/C18H9F4N/c19-10-3-1-9-2-6-15(23-16(9)7-10)11-4-5-12-13(11)8-14(20)18(22)17(12)21/h1-4,6-8H,5H2. The first-order valence-corrected chi connectivity index (χ1v) is 6.98. The Bertz CT molecular complexity index is 992. The summed E-state index contributed by atoms with van der Waals surface area (Å²) >= 11 is 0. The quantitative estimate of drug-likeness (QED) is 0.465. The highest BCUT2D eigenvalue weighted by Crippen LogP contribution is 2.35. The van der Waals surface area contributed by atoms with Gasteiger partial charge in [-0.15, -0.1) is 0 Å². The normalized spacial score (nSPS) is 13.3. The Morgan fingerprint density at radius 3 is 2.48 bits per heavy atom. The van der Waals surface area contributed by atoms with Gasteiger partial charge in [0, 0.05) is 22.6 Å². The van der Waals surface area contributed by atoms with E-state index in [4.69, 9.17) is 0 Å². The Kier molecular flexibility index (Phi) is 2.98. The fraction of sp³-hybridized carbons (Fsp3) is 0.0556. The van der Waals surface area contributed by atoms with Crippen LogP contribution < -0.4 is 0 Å². The molecule has 1 aliphatic rings. The lowest BCUT2D eigenvalue weighted by molar-refractivity contribution is 0.442. The highest BCUT2D eigenvalue weighted by atomic mass is 19.2. The maximum Gasteiger partial charge on any atom is 0.194 e. The molecule has 0 spiro atoms. The van der Waals surface area contributed by atoms with Crippen molar-refractivity contribution in [3.63, 3.8) is 0 Å². The van der Waals surface area contributed by atoms with E-state index in [1.54, 1.807) is 24.3 Å². The van der Waals surface area contributed by atoms with Crippen molar-refractivity contribution >= 4 is 16.5 Å². The van der Waals surface area contributed by atoms with Crippen molar-refractivity contribution in [2.45, 2.75) is 6.42 Å². The van der Waals surface area contributed by atoms with Gasteiger partial charge in [0.25, 0.3) is 0 Å². The molecular formula is C18H9F4N. The first-order valence-electron chi connectivity index (χ1n) is 6.98. The van der Waals surface area contributed by atoms with E-state index in [0.717, 1.165) is 11.5 Å². The number of rotatable bonds is 1. The lowest BCUT2D eigenvalue weighted by atomic mass is 10.0. The van der Waals surface area contributed by atoms with Gasteiger partial charge in [-0.2, -0.15) is 0 Å². The number of nitrogens with zero attached hydrogens (tertiary/aromatic N) is 1. The minimum Gasteiger partial charge on any atom is -0.248 e. The number of hydrogen-bond acceptors (Lipinski definition) is 1. The minimum atomic E-state index is -1.47. The highest BCUT2D eigenvalue weighted by molar-refractivity contribution is 5.87. The number of pyridine rings is 1. The SMILES string of the molecule is Fc1ccc2ccc(C3=CCc4c3cc(F)c(F)c4F)nc2c1. The zero-order chi connectivity index (χ0) is 16.1. The second kappa shape index (κ2) is 4.91. The molecule has 0 amide bonds. The van der Waals surface area contributed by atoms with Gasteiger partial charge in [0.2, 0.25) is 0 Å². The smallest absolute Gasteiger partial charge is 0.194 e. The fourth-order valence-corrected chi connectivity index (χ4v) is 2.87. The predicted octanol–water partition coefficient (Wildman–Crippen LogP) is 4.78. The lowest BCUT2D eigenvalue weighted by Crippen LogP contribution is -2.00. The highest BCUT2D eigenvalue weighted by Gasteiger charge is 2.25. The molecule has 0 radical (unpaired) electrons. The first-order chi connectivity index (χ1) is 11.0. The molecule has 0 bridgehead atoms. The third-order valence-electron chi connectivity index (χ3n) is 3.99. The molecule has 1 aromatic heterocycles. The van der Waals surface area contributed by atoms with Crippen LogP contribution in [0.5, 0.6) is 0 Å². The van der Waals surface area contributed by atoms with Crippen molar-refractivity contribution in [3.05, 3.63) is 82.6 Å². The number of allylic oxidation sites excluding steroid dienone is 1. The van der Waals surface area contributed by atoms with Crippen LogP contribution >= 0.6 is 0 Å². The summed E-state index contributed by atoms with van der Waals surface area (Å²) < 4.78 is 54.0. The van der Waals surface area contributed by atoms with Gasteiger partial charge in [-0.1, -0.05) is 12.1 Å². The van der Waals surface area contributed by atoms with Crippen molar-refractivity contribution in [1.29, 1.82) is 0 Å². The molecule has 23 heavy (non-hydrogen) atoms. The Hall–Kier alpha value is -2.69. The van der Waals surface area contributed by atoms with Crippen molar-refractivity contribution < 1.29 is 17.6 Å². The van der Waals surface area contributed by atoms with Gasteiger partial charge in [-0.25, -0.2) is 22.5 Å². The van der Waals surface area contributed by atoms with Gasteiger partial charge >= 0.3 is 0 Å². The molecule has 4 rings (SSSR count). The maximum atomic E-state index is 13.8. The Balaban J connectivity index is 1.88. The van der Waals surface area contributed by atoms with E-state index in [1.807, 2.05) is 0 Å². The van der Waals surface area contributed by atoms with E-state index in [0.29, 0.717) is 16.8 Å². The molecular weight excluding hydrogens is 306 g/mol. The zero-order valence-corrected chi connectivity index (χ0v) is 11.7. The van der Waals surface area contributed by atoms with Gasteiger partial charge in [-0.3, -0.25) is 0 Å². The summed E-state index contributed by atoms with van der Waals surface area (Å²) in [6.07, 6.45) is 1.83. The summed E-state index contributed by atoms with van der Waals surface area (Å²) in [5.74, 6) is -4.28. The molecule has 3 aromatic rings. The molecule has 0 aliphatic heterocycles. The molecule has 0 saturated heterocycles. The summed E-state index contributed by atoms with van der Waals surface area (Å²) in [4.78, 5) is 4.35. The van der Waals surface area contributed by atoms with E-state index in [-0.39, 0.29) is 17.5 Å². The summed E-state index contributed by atoms with van der Waals surface area (Å²) in [6.45, 7) is 0. The van der Waals surface area contributed by atoms with Crippen LogP contribution in [0.3, 0.4) is 0 Å². The molecule has 1 nitrogen and oxygen atoms in total. The summed E-state index contributed by atoms with van der Waals surface area (Å²) in [6, 6.07) is 8.66. The number of aromatic nitrogens is 1. The van der Waals surface area contributed by atoms with Gasteiger partial charge in [0.05, 0.1) is 11.2 Å². The molecule has 0 unspecified atom stereocenters. The fourth-order valence-electron chi connectivity index (χ4n) is 2.87. The van der Waals surface area contributed by atoms with Crippen molar-refractivity contribution in [2.75, 3.05) is 0 Å². The third kappa shape index (κ3) is 2.11. The van der Waals surface area contributed by atoms with Crippen LogP contribution in [0.15, 0.2) is 42.5 Å². The van der Waals surface area contributed by atoms with E-state index in [9.17, 15) is 17.6 Å². The number of benzene rings is 2. The van der Waals surface area contributed by atoms with Crippen molar-refractivity contribution in [1.82, 2.24) is 4.98 Å². The second-order valence-corrected chi connectivity index (χ2v) is 5.37. The van der Waals surface area contributed by atoms with Gasteiger partial charge in [0.15, 0.2) is 17.5 Å². The maximum absolute atomic E-state index is 13.8. The van der Waals surface area contributed by atoms with Crippen molar-refractivity contribution in [3.8, 4) is 0 Å². The van der Waals surface area contributed by atoms with E-state index >= 15 is 0 Å². The van der Waals surface area contributed by atoms with E-state index < -0.39 is 23.3 Å². The molecule has 2 aromatic carbocycles. The topological polar surface area (TPSA) is 12.9 Å². The second-order valence-electron chi connectivity index (χ2n) is 5.37. The number of fused-ring (bicyclic) bond motifs is 2. The van der Waals surface area contributed by atoms with Crippen molar-refractivity contribution in [2.24, 2.45) is 0 Å². The van der Waals surface area contributed by atoms with Gasteiger partial charge < -0.3 is 0 Å². The van der Waals surface area contributed by atoms with Crippen LogP contribution in [0.1, 0.15) is 16.8 Å². The lowest BCUT2D eigenvalue weighted by Gasteiger charge is -2.09. The molecule has 0 saturated carbocycles. The summed E-state index contributed by atoms with van der Waals surface area (Å²) in [5.41, 5.74) is 1.82. The van der Waals surface area contributed by atoms with Crippen LogP contribution in [0.2, 0.25) is 0 Å². The third-order valence-corrected chi connectivity index (χ3v) is 3.99. The monoisotopic (exact) mass is 315 g/mol. The van der Waals surface area contributed by atoms with Crippen LogP contribution in [0.4, 0.5) is 17.6 Å². The van der Waals surface area contributed by atoms with Gasteiger partial charge in [0.1, 0.15) is 5.82 Å². The Morgan fingerprint density at radius 1 is 0.870 bits per heavy atom. The molecule has 0 fully saturated rings. The Labute approximate surface area is 128 Å². The predicted molar refractivity (Wildman–Crippen MR) is 78.8 cm³/mol. The molecule has 114 valence electrons. The average Bonchev–Trinajstić information content (AvgIpc) is 2.95. The number of halogens is 4. The van der Waals surface area contributed by atoms with Gasteiger partial charge in [-0.05, 0) is 36.2 Å².